The number of nitrogens with one attached hydrogen (secondary N) is 1. The quantitative estimate of drug-likeness (QED) is 0.566. The Balaban J connectivity index is 2.32. The maximum Gasteiger partial charge on any atom is 0.0490 e. The Kier molecular flexibility index (Phi) is 2.57. The van der Waals surface area contributed by atoms with Crippen LogP contribution in [0.1, 0.15) is 35.6 Å². The van der Waals surface area contributed by atoms with Crippen LogP contribution in [-0.2, 0) is 0 Å². The zero-order chi connectivity index (χ0) is 10.1. The van der Waals surface area contributed by atoms with Crippen LogP contribution in [0.5, 0.6) is 0 Å². The fourth-order valence-electron chi connectivity index (χ4n) is 2.00. The maximum atomic E-state index is 5.61. The number of aryl methyl sites for hydroxylation is 2. The van der Waals surface area contributed by atoms with E-state index in [-0.39, 0.29) is 0 Å². The second-order valence-corrected chi connectivity index (χ2v) is 4.34. The molecule has 0 radical (unpaired) electrons. The van der Waals surface area contributed by atoms with E-state index in [1.54, 1.807) is 0 Å². The van der Waals surface area contributed by atoms with Crippen LogP contribution in [0.25, 0.3) is 0 Å². The molecule has 1 aromatic rings. The molecule has 0 saturated heterocycles. The Labute approximate surface area is 85.5 Å². The first-order valence-corrected chi connectivity index (χ1v) is 5.25. The third-order valence-corrected chi connectivity index (χ3v) is 3.04. The van der Waals surface area contributed by atoms with Crippen LogP contribution < -0.4 is 11.3 Å². The van der Waals surface area contributed by atoms with E-state index >= 15 is 0 Å². The Morgan fingerprint density at radius 2 is 2.07 bits per heavy atom. The maximum absolute atomic E-state index is 5.61. The predicted octanol–water partition coefficient (Wildman–Crippen LogP) is 2.22. The third kappa shape index (κ3) is 1.81. The second-order valence-electron chi connectivity index (χ2n) is 4.34. The minimum Gasteiger partial charge on any atom is -0.271 e. The van der Waals surface area contributed by atoms with E-state index in [2.05, 4.69) is 37.5 Å². The van der Waals surface area contributed by atoms with Crippen molar-refractivity contribution in [1.82, 2.24) is 5.43 Å². The van der Waals surface area contributed by atoms with Gasteiger partial charge in [0.1, 0.15) is 0 Å². The third-order valence-electron chi connectivity index (χ3n) is 3.04. The number of hydrogen-bond acceptors (Lipinski definition) is 2. The summed E-state index contributed by atoms with van der Waals surface area (Å²) in [5.41, 5.74) is 6.97. The summed E-state index contributed by atoms with van der Waals surface area (Å²) < 4.78 is 0. The lowest BCUT2D eigenvalue weighted by Gasteiger charge is -2.18. The summed E-state index contributed by atoms with van der Waals surface area (Å²) in [6, 6.07) is 6.93. The van der Waals surface area contributed by atoms with Gasteiger partial charge in [0.25, 0.3) is 0 Å². The highest BCUT2D eigenvalue weighted by Gasteiger charge is 2.32. The van der Waals surface area contributed by atoms with Gasteiger partial charge < -0.3 is 0 Å². The van der Waals surface area contributed by atoms with E-state index in [0.29, 0.717) is 6.04 Å². The Morgan fingerprint density at radius 1 is 1.36 bits per heavy atom. The molecule has 1 aliphatic rings. The van der Waals surface area contributed by atoms with Crippen molar-refractivity contribution in [2.45, 2.75) is 32.7 Å². The van der Waals surface area contributed by atoms with Gasteiger partial charge in [0.15, 0.2) is 0 Å². The van der Waals surface area contributed by atoms with Crippen LogP contribution in [0.15, 0.2) is 18.2 Å². The van der Waals surface area contributed by atoms with Gasteiger partial charge in [-0.05, 0) is 43.7 Å². The van der Waals surface area contributed by atoms with Crippen molar-refractivity contribution in [1.29, 1.82) is 0 Å². The summed E-state index contributed by atoms with van der Waals surface area (Å²) in [4.78, 5) is 0. The van der Waals surface area contributed by atoms with Gasteiger partial charge in [-0.15, -0.1) is 0 Å². The largest absolute Gasteiger partial charge is 0.271 e. The van der Waals surface area contributed by atoms with Gasteiger partial charge in [-0.25, -0.2) is 0 Å². The summed E-state index contributed by atoms with van der Waals surface area (Å²) in [5.74, 6) is 6.37. The lowest BCUT2D eigenvalue weighted by atomic mass is 9.96. The molecule has 1 aliphatic carbocycles. The number of rotatable bonds is 3. The topological polar surface area (TPSA) is 38.0 Å². The normalized spacial score (nSPS) is 18.2. The summed E-state index contributed by atoms with van der Waals surface area (Å²) in [6.45, 7) is 4.28. The molecule has 0 heterocycles. The van der Waals surface area contributed by atoms with Crippen molar-refractivity contribution >= 4 is 0 Å². The van der Waals surface area contributed by atoms with Gasteiger partial charge in [0, 0.05) is 6.04 Å². The number of benzene rings is 1. The molecule has 2 rings (SSSR count). The van der Waals surface area contributed by atoms with Crippen molar-refractivity contribution in [2.75, 3.05) is 0 Å². The van der Waals surface area contributed by atoms with E-state index in [1.807, 2.05) is 0 Å². The Morgan fingerprint density at radius 3 is 2.64 bits per heavy atom. The highest BCUT2D eigenvalue weighted by molar-refractivity contribution is 5.33. The molecule has 14 heavy (non-hydrogen) atoms. The van der Waals surface area contributed by atoms with E-state index in [1.165, 1.54) is 29.5 Å². The first-order valence-electron chi connectivity index (χ1n) is 5.25. The molecule has 76 valence electrons. The molecule has 1 fully saturated rings. The molecule has 0 aliphatic heterocycles. The van der Waals surface area contributed by atoms with Gasteiger partial charge in [-0.2, -0.15) is 0 Å². The highest BCUT2D eigenvalue weighted by Crippen LogP contribution is 2.41. The summed E-state index contributed by atoms with van der Waals surface area (Å²) in [5, 5.41) is 0. The number of nitrogens with two attached hydrogens (primary N) is 1. The second kappa shape index (κ2) is 3.71. The van der Waals surface area contributed by atoms with Crippen LogP contribution in [0.2, 0.25) is 0 Å². The fraction of sp³-hybridized carbons (Fsp3) is 0.500. The monoisotopic (exact) mass is 190 g/mol. The molecule has 3 N–H and O–H groups in total. The first-order chi connectivity index (χ1) is 6.72. The average molecular weight is 190 g/mol. The SMILES string of the molecule is Cc1ccc(C)c(C(NN)C2CC2)c1. The summed E-state index contributed by atoms with van der Waals surface area (Å²) in [6.07, 6.45) is 2.62. The van der Waals surface area contributed by atoms with Crippen molar-refractivity contribution in [3.05, 3.63) is 34.9 Å². The van der Waals surface area contributed by atoms with Crippen LogP contribution in [0.3, 0.4) is 0 Å². The molecule has 2 heteroatoms. The molecule has 1 atom stereocenters. The molecule has 1 aromatic carbocycles. The van der Waals surface area contributed by atoms with Crippen LogP contribution in [-0.4, -0.2) is 0 Å². The molecule has 1 unspecified atom stereocenters. The van der Waals surface area contributed by atoms with E-state index in [4.69, 9.17) is 5.84 Å². The van der Waals surface area contributed by atoms with Crippen LogP contribution in [0, 0.1) is 19.8 Å². The average Bonchev–Trinajstić information content (AvgIpc) is 2.96. The summed E-state index contributed by atoms with van der Waals surface area (Å²) >= 11 is 0. The Hall–Kier alpha value is -0.860. The molecule has 0 spiro atoms. The van der Waals surface area contributed by atoms with Gasteiger partial charge in [0.05, 0.1) is 0 Å². The molecule has 0 bridgehead atoms. The van der Waals surface area contributed by atoms with E-state index in [9.17, 15) is 0 Å². The fourth-order valence-corrected chi connectivity index (χ4v) is 2.00. The van der Waals surface area contributed by atoms with Gasteiger partial charge >= 0.3 is 0 Å². The van der Waals surface area contributed by atoms with Crippen molar-refractivity contribution in [3.8, 4) is 0 Å². The van der Waals surface area contributed by atoms with Gasteiger partial charge in [-0.3, -0.25) is 11.3 Å². The first kappa shape index (κ1) is 9.69. The molecular formula is C12H18N2. The molecular weight excluding hydrogens is 172 g/mol. The van der Waals surface area contributed by atoms with Crippen LogP contribution in [0.4, 0.5) is 0 Å². The van der Waals surface area contributed by atoms with Crippen molar-refractivity contribution < 1.29 is 0 Å². The summed E-state index contributed by atoms with van der Waals surface area (Å²) in [7, 11) is 0. The van der Waals surface area contributed by atoms with E-state index in [0.717, 1.165) is 5.92 Å². The van der Waals surface area contributed by atoms with Crippen molar-refractivity contribution in [2.24, 2.45) is 11.8 Å². The Bertz CT molecular complexity index is 329. The predicted molar refractivity (Wildman–Crippen MR) is 58.7 cm³/mol. The molecule has 1 saturated carbocycles. The lowest BCUT2D eigenvalue weighted by molar-refractivity contribution is 0.494. The molecule has 2 nitrogen and oxygen atoms in total. The molecule has 0 aromatic heterocycles. The zero-order valence-electron chi connectivity index (χ0n) is 8.88. The zero-order valence-corrected chi connectivity index (χ0v) is 8.88. The minimum atomic E-state index is 0.356. The minimum absolute atomic E-state index is 0.356. The smallest absolute Gasteiger partial charge is 0.0490 e. The van der Waals surface area contributed by atoms with E-state index < -0.39 is 0 Å². The van der Waals surface area contributed by atoms with Crippen LogP contribution >= 0.6 is 0 Å². The lowest BCUT2D eigenvalue weighted by Crippen LogP contribution is -2.30. The molecule has 0 amide bonds. The van der Waals surface area contributed by atoms with Crippen molar-refractivity contribution in [3.63, 3.8) is 0 Å². The number of hydrazine groups is 1. The number of hydrogen-bond donors (Lipinski definition) is 2. The van der Waals surface area contributed by atoms with Gasteiger partial charge in [-0.1, -0.05) is 23.8 Å². The standard InChI is InChI=1S/C12H18N2/c1-8-3-4-9(2)11(7-8)12(14-13)10-5-6-10/h3-4,7,10,12,14H,5-6,13H2,1-2H3. The van der Waals surface area contributed by atoms with Gasteiger partial charge in [0.2, 0.25) is 0 Å². The highest BCUT2D eigenvalue weighted by atomic mass is 15.2.